The second-order valence-corrected chi connectivity index (χ2v) is 11.3. The van der Waals surface area contributed by atoms with Crippen LogP contribution >= 0.6 is 11.9 Å². The van der Waals surface area contributed by atoms with Gasteiger partial charge in [0.1, 0.15) is 0 Å². The summed E-state index contributed by atoms with van der Waals surface area (Å²) in [6.45, 7) is 5.18. The summed E-state index contributed by atoms with van der Waals surface area (Å²) < 4.78 is 28.5. The first-order chi connectivity index (χ1) is 14.4. The summed E-state index contributed by atoms with van der Waals surface area (Å²) >= 11 is 1.49. The average molecular weight is 454 g/mol. The van der Waals surface area contributed by atoms with E-state index in [4.69, 9.17) is 0 Å². The number of carbonyl (C=O) groups is 1. The van der Waals surface area contributed by atoms with Crippen LogP contribution in [0.5, 0.6) is 0 Å². The van der Waals surface area contributed by atoms with Crippen LogP contribution in [0.15, 0.2) is 30.3 Å². The molecule has 8 heteroatoms. The van der Waals surface area contributed by atoms with E-state index in [1.165, 1.54) is 18.4 Å². The first-order valence-corrected chi connectivity index (χ1v) is 13.8. The summed E-state index contributed by atoms with van der Waals surface area (Å²) in [4.78, 5) is 15.6. The fourth-order valence-corrected chi connectivity index (χ4v) is 6.96. The van der Waals surface area contributed by atoms with Crippen molar-refractivity contribution in [3.05, 3.63) is 35.9 Å². The predicted octanol–water partition coefficient (Wildman–Crippen LogP) is 3.47. The van der Waals surface area contributed by atoms with Crippen molar-refractivity contribution in [1.82, 2.24) is 13.5 Å². The molecule has 3 rings (SSSR count). The monoisotopic (exact) mass is 453 g/mol. The van der Waals surface area contributed by atoms with Crippen molar-refractivity contribution in [1.29, 1.82) is 0 Å². The lowest BCUT2D eigenvalue weighted by molar-refractivity contribution is 0.0131. The highest BCUT2D eigenvalue weighted by molar-refractivity contribution is 7.96. The Kier molecular flexibility index (Phi) is 8.24. The van der Waals surface area contributed by atoms with Crippen LogP contribution in [0.25, 0.3) is 0 Å². The van der Waals surface area contributed by atoms with Gasteiger partial charge in [0.05, 0.1) is 12.3 Å². The van der Waals surface area contributed by atoms with E-state index in [1.54, 1.807) is 4.31 Å². The van der Waals surface area contributed by atoms with Crippen LogP contribution in [0.3, 0.4) is 0 Å². The summed E-state index contributed by atoms with van der Waals surface area (Å²) in [5, 5.41) is 0. The Bertz CT molecular complexity index is 787. The Labute approximate surface area is 186 Å². The molecule has 1 aromatic rings. The van der Waals surface area contributed by atoms with Gasteiger partial charge in [0.2, 0.25) is 10.0 Å². The zero-order valence-corrected chi connectivity index (χ0v) is 19.9. The third kappa shape index (κ3) is 5.39. The van der Waals surface area contributed by atoms with Crippen molar-refractivity contribution < 1.29 is 13.2 Å². The van der Waals surface area contributed by atoms with Gasteiger partial charge in [-0.1, -0.05) is 56.3 Å². The zero-order chi connectivity index (χ0) is 21.6. The van der Waals surface area contributed by atoms with E-state index in [0.717, 1.165) is 38.8 Å². The molecule has 0 radical (unpaired) electrons. The summed E-state index contributed by atoms with van der Waals surface area (Å²) in [5.41, 5.74) is 0.653. The molecular weight excluding hydrogens is 418 g/mol. The van der Waals surface area contributed by atoms with E-state index in [9.17, 15) is 13.2 Å². The SMILES string of the molecule is CCCS(=O)(=O)N1CCN(C2(CN(SC)C(=O)c3ccccc3)CCCCC2)CC1. The van der Waals surface area contributed by atoms with Crippen LogP contribution < -0.4 is 0 Å². The molecule has 0 spiro atoms. The van der Waals surface area contributed by atoms with E-state index < -0.39 is 10.0 Å². The lowest BCUT2D eigenvalue weighted by atomic mass is 9.79. The van der Waals surface area contributed by atoms with E-state index in [-0.39, 0.29) is 17.2 Å². The average Bonchev–Trinajstić information content (AvgIpc) is 2.78. The number of sulfonamides is 1. The molecule has 0 bridgehead atoms. The van der Waals surface area contributed by atoms with Gasteiger partial charge in [-0.15, -0.1) is 0 Å². The minimum absolute atomic E-state index is 0.0530. The molecule has 1 saturated carbocycles. The lowest BCUT2D eigenvalue weighted by Gasteiger charge is -2.51. The Balaban J connectivity index is 1.74. The quantitative estimate of drug-likeness (QED) is 0.564. The van der Waals surface area contributed by atoms with Gasteiger partial charge in [0.15, 0.2) is 0 Å². The van der Waals surface area contributed by atoms with Gasteiger partial charge < -0.3 is 0 Å². The topological polar surface area (TPSA) is 60.9 Å². The molecule has 0 unspecified atom stereocenters. The second-order valence-electron chi connectivity index (χ2n) is 8.38. The summed E-state index contributed by atoms with van der Waals surface area (Å²) in [6, 6.07) is 9.47. The van der Waals surface area contributed by atoms with E-state index in [0.29, 0.717) is 31.6 Å². The predicted molar refractivity (Wildman–Crippen MR) is 124 cm³/mol. The number of rotatable bonds is 8. The number of piperazine rings is 1. The largest absolute Gasteiger partial charge is 0.293 e. The first kappa shape index (κ1) is 23.6. The molecule has 1 saturated heterocycles. The molecule has 1 aliphatic heterocycles. The number of nitrogens with zero attached hydrogens (tertiary/aromatic N) is 3. The molecule has 168 valence electrons. The van der Waals surface area contributed by atoms with Gasteiger partial charge in [-0.3, -0.25) is 14.0 Å². The fourth-order valence-electron chi connectivity index (χ4n) is 4.82. The van der Waals surface area contributed by atoms with Crippen molar-refractivity contribution in [3.63, 3.8) is 0 Å². The highest BCUT2D eigenvalue weighted by atomic mass is 32.2. The van der Waals surface area contributed by atoms with Crippen LogP contribution in [0.1, 0.15) is 55.8 Å². The third-order valence-electron chi connectivity index (χ3n) is 6.45. The van der Waals surface area contributed by atoms with Gasteiger partial charge in [-0.2, -0.15) is 4.31 Å². The maximum atomic E-state index is 13.1. The van der Waals surface area contributed by atoms with E-state index in [2.05, 4.69) is 4.90 Å². The van der Waals surface area contributed by atoms with Crippen molar-refractivity contribution in [2.24, 2.45) is 0 Å². The number of hydrogen-bond donors (Lipinski definition) is 0. The maximum absolute atomic E-state index is 13.1. The van der Waals surface area contributed by atoms with Crippen molar-refractivity contribution in [2.75, 3.05) is 44.7 Å². The summed E-state index contributed by atoms with van der Waals surface area (Å²) in [6.07, 6.45) is 8.30. The molecule has 2 fully saturated rings. The Hall–Kier alpha value is -1.09. The Morgan fingerprint density at radius 3 is 2.27 bits per heavy atom. The second kappa shape index (κ2) is 10.5. The van der Waals surface area contributed by atoms with Crippen LogP contribution in [0.2, 0.25) is 0 Å². The number of amides is 1. The van der Waals surface area contributed by atoms with Gasteiger partial charge >= 0.3 is 0 Å². The van der Waals surface area contributed by atoms with Gasteiger partial charge in [-0.05, 0) is 31.4 Å². The molecule has 0 aromatic heterocycles. The third-order valence-corrected chi connectivity index (χ3v) is 9.27. The normalized spacial score (nSPS) is 20.7. The van der Waals surface area contributed by atoms with Gasteiger partial charge in [-0.25, -0.2) is 8.42 Å². The van der Waals surface area contributed by atoms with Crippen LogP contribution in [0, 0.1) is 0 Å². The van der Waals surface area contributed by atoms with E-state index in [1.807, 2.05) is 47.8 Å². The molecule has 6 nitrogen and oxygen atoms in total. The molecular formula is C22H35N3O3S2. The van der Waals surface area contributed by atoms with Crippen molar-refractivity contribution in [2.45, 2.75) is 51.0 Å². The smallest absolute Gasteiger partial charge is 0.263 e. The minimum atomic E-state index is -3.15. The van der Waals surface area contributed by atoms with Gasteiger partial charge in [0, 0.05) is 43.5 Å². The number of hydrogen-bond acceptors (Lipinski definition) is 5. The fraction of sp³-hybridized carbons (Fsp3) is 0.682. The summed E-state index contributed by atoms with van der Waals surface area (Å²) in [5.74, 6) is 0.279. The van der Waals surface area contributed by atoms with Crippen LogP contribution in [-0.2, 0) is 10.0 Å². The molecule has 1 aliphatic carbocycles. The molecule has 0 atom stereocenters. The van der Waals surface area contributed by atoms with Crippen molar-refractivity contribution >= 4 is 27.9 Å². The molecule has 1 heterocycles. The molecule has 1 amide bonds. The molecule has 1 aromatic carbocycles. The van der Waals surface area contributed by atoms with E-state index >= 15 is 0 Å². The maximum Gasteiger partial charge on any atom is 0.263 e. The highest BCUT2D eigenvalue weighted by Gasteiger charge is 2.42. The standard InChI is InChI=1S/C22H35N3O3S2/c1-3-18-30(27,28)24-16-14-23(15-17-24)22(12-8-5-9-13-22)19-25(29-2)21(26)20-10-6-4-7-11-20/h4,6-7,10-11H,3,5,8-9,12-19H2,1-2H3. The van der Waals surface area contributed by atoms with Gasteiger partial charge in [0.25, 0.3) is 5.91 Å². The molecule has 2 aliphatic rings. The highest BCUT2D eigenvalue weighted by Crippen LogP contribution is 2.37. The Morgan fingerprint density at radius 2 is 1.70 bits per heavy atom. The zero-order valence-electron chi connectivity index (χ0n) is 18.3. The Morgan fingerprint density at radius 1 is 1.07 bits per heavy atom. The molecule has 0 N–H and O–H groups in total. The number of carbonyl (C=O) groups excluding carboxylic acids is 1. The number of benzene rings is 1. The van der Waals surface area contributed by atoms with Crippen LogP contribution in [0.4, 0.5) is 0 Å². The lowest BCUT2D eigenvalue weighted by Crippen LogP contribution is -2.62. The molecule has 30 heavy (non-hydrogen) atoms. The first-order valence-electron chi connectivity index (χ1n) is 11.1. The minimum Gasteiger partial charge on any atom is -0.293 e. The summed E-state index contributed by atoms with van der Waals surface area (Å²) in [7, 11) is -3.15. The van der Waals surface area contributed by atoms with Crippen LogP contribution in [-0.4, -0.2) is 78.1 Å². The van der Waals surface area contributed by atoms with Crippen molar-refractivity contribution in [3.8, 4) is 0 Å².